The number of nitrogens with zero attached hydrogens (tertiary/aromatic N) is 4. The van der Waals surface area contributed by atoms with E-state index in [4.69, 9.17) is 4.98 Å². The van der Waals surface area contributed by atoms with Crippen molar-refractivity contribution in [1.29, 1.82) is 0 Å². The first kappa shape index (κ1) is 19.3. The molecule has 0 spiro atoms. The molecule has 0 unspecified atom stereocenters. The molecule has 32 heavy (non-hydrogen) atoms. The zero-order valence-corrected chi connectivity index (χ0v) is 18.8. The fourth-order valence-corrected chi connectivity index (χ4v) is 5.68. The fraction of sp³-hybridized carbons (Fsp3) is 0.125. The molecule has 156 valence electrons. The summed E-state index contributed by atoms with van der Waals surface area (Å²) in [7, 11) is 0. The van der Waals surface area contributed by atoms with Gasteiger partial charge in [0.1, 0.15) is 11.4 Å². The molecule has 0 bridgehead atoms. The SMILES string of the molecule is Cc1ccc2nc(NC(=O)CCSc3nnc4c(n3)-c3cccc5cccc-4c35)sc2c1. The summed E-state index contributed by atoms with van der Waals surface area (Å²) in [5.41, 5.74) is 5.94. The number of hydrogen-bond acceptors (Lipinski definition) is 7. The second kappa shape index (κ2) is 7.65. The number of aryl methyl sites for hydroxylation is 1. The van der Waals surface area contributed by atoms with Crippen LogP contribution in [0.2, 0.25) is 0 Å². The maximum Gasteiger partial charge on any atom is 0.226 e. The van der Waals surface area contributed by atoms with Gasteiger partial charge in [0, 0.05) is 28.7 Å². The van der Waals surface area contributed by atoms with E-state index in [9.17, 15) is 4.79 Å². The molecule has 0 fully saturated rings. The van der Waals surface area contributed by atoms with E-state index in [0.717, 1.165) is 32.7 Å². The highest BCUT2D eigenvalue weighted by Crippen LogP contribution is 2.44. The molecule has 6 nitrogen and oxygen atoms in total. The Morgan fingerprint density at radius 1 is 1.00 bits per heavy atom. The third-order valence-electron chi connectivity index (χ3n) is 5.43. The van der Waals surface area contributed by atoms with Gasteiger partial charge in [0.2, 0.25) is 11.1 Å². The topological polar surface area (TPSA) is 80.7 Å². The van der Waals surface area contributed by atoms with E-state index in [1.807, 2.05) is 31.2 Å². The molecule has 0 atom stereocenters. The van der Waals surface area contributed by atoms with Gasteiger partial charge in [-0.3, -0.25) is 4.79 Å². The Balaban J connectivity index is 1.14. The number of rotatable bonds is 5. The molecule has 1 aliphatic rings. The molecule has 3 aromatic carbocycles. The Morgan fingerprint density at radius 3 is 2.66 bits per heavy atom. The van der Waals surface area contributed by atoms with Crippen molar-refractivity contribution >= 4 is 55.1 Å². The van der Waals surface area contributed by atoms with Crippen LogP contribution in [-0.4, -0.2) is 31.8 Å². The van der Waals surface area contributed by atoms with Crippen LogP contribution < -0.4 is 5.32 Å². The predicted octanol–water partition coefficient (Wildman–Crippen LogP) is 5.71. The Bertz CT molecular complexity index is 1520. The summed E-state index contributed by atoms with van der Waals surface area (Å²) < 4.78 is 1.07. The standard InChI is InChI=1S/C24H17N5OS2/c1-13-8-9-17-18(12-13)32-23(25-17)26-19(30)10-11-31-24-27-21-15-6-2-4-14-5-3-7-16(20(14)15)22(21)28-29-24/h2-9,12H,10-11H2,1H3,(H,25,26,30). The second-order valence-corrected chi connectivity index (χ2v) is 9.73. The van der Waals surface area contributed by atoms with Crippen molar-refractivity contribution in [2.45, 2.75) is 18.5 Å². The van der Waals surface area contributed by atoms with Gasteiger partial charge in [-0.25, -0.2) is 9.97 Å². The summed E-state index contributed by atoms with van der Waals surface area (Å²) in [5, 5.41) is 15.2. The molecule has 8 heteroatoms. The van der Waals surface area contributed by atoms with Crippen LogP contribution in [-0.2, 0) is 4.79 Å². The molecule has 6 rings (SSSR count). The highest BCUT2D eigenvalue weighted by atomic mass is 32.2. The Morgan fingerprint density at radius 2 is 1.81 bits per heavy atom. The van der Waals surface area contributed by atoms with Crippen LogP contribution in [0, 0.1) is 6.92 Å². The molecule has 2 aromatic heterocycles. The van der Waals surface area contributed by atoms with E-state index in [2.05, 4.69) is 50.8 Å². The molecule has 1 N–H and O–H groups in total. The van der Waals surface area contributed by atoms with Crippen LogP contribution >= 0.6 is 23.1 Å². The fourth-order valence-electron chi connectivity index (χ4n) is 3.98. The zero-order valence-electron chi connectivity index (χ0n) is 17.1. The van der Waals surface area contributed by atoms with E-state index >= 15 is 0 Å². The number of carbonyl (C=O) groups excluding carboxylic acids is 1. The molecule has 0 radical (unpaired) electrons. The van der Waals surface area contributed by atoms with Crippen molar-refractivity contribution in [3.8, 4) is 22.5 Å². The number of aromatic nitrogens is 4. The minimum absolute atomic E-state index is 0.0698. The van der Waals surface area contributed by atoms with Crippen molar-refractivity contribution in [3.63, 3.8) is 0 Å². The zero-order chi connectivity index (χ0) is 21.7. The summed E-state index contributed by atoms with van der Waals surface area (Å²) in [6, 6.07) is 18.5. The number of hydrogen-bond donors (Lipinski definition) is 1. The second-order valence-electron chi connectivity index (χ2n) is 7.64. The number of nitrogens with one attached hydrogen (secondary N) is 1. The monoisotopic (exact) mass is 455 g/mol. The van der Waals surface area contributed by atoms with Crippen LogP contribution in [0.3, 0.4) is 0 Å². The first-order valence-electron chi connectivity index (χ1n) is 10.2. The molecule has 1 amide bonds. The molecule has 5 aromatic rings. The van der Waals surface area contributed by atoms with Gasteiger partial charge in [-0.15, -0.1) is 10.2 Å². The van der Waals surface area contributed by atoms with Gasteiger partial charge in [0.25, 0.3) is 0 Å². The molecule has 0 saturated heterocycles. The summed E-state index contributed by atoms with van der Waals surface area (Å²) in [6.45, 7) is 2.05. The maximum atomic E-state index is 12.4. The highest BCUT2D eigenvalue weighted by molar-refractivity contribution is 7.99. The number of amides is 1. The van der Waals surface area contributed by atoms with E-state index in [1.54, 1.807) is 0 Å². The third kappa shape index (κ3) is 3.32. The van der Waals surface area contributed by atoms with Gasteiger partial charge >= 0.3 is 0 Å². The minimum atomic E-state index is -0.0698. The van der Waals surface area contributed by atoms with Gasteiger partial charge in [-0.2, -0.15) is 0 Å². The number of thioether (sulfide) groups is 1. The smallest absolute Gasteiger partial charge is 0.226 e. The van der Waals surface area contributed by atoms with Gasteiger partial charge in [-0.05, 0) is 30.0 Å². The summed E-state index contributed by atoms with van der Waals surface area (Å²) in [4.78, 5) is 21.6. The molecule has 1 aliphatic carbocycles. The lowest BCUT2D eigenvalue weighted by Crippen LogP contribution is -2.12. The van der Waals surface area contributed by atoms with Crippen molar-refractivity contribution < 1.29 is 4.79 Å². The van der Waals surface area contributed by atoms with Crippen LogP contribution in [0.15, 0.2) is 59.8 Å². The number of thiazole rings is 1. The average molecular weight is 456 g/mol. The maximum absolute atomic E-state index is 12.4. The van der Waals surface area contributed by atoms with E-state index in [0.29, 0.717) is 22.5 Å². The molecule has 0 aliphatic heterocycles. The Labute approximate surface area is 192 Å². The van der Waals surface area contributed by atoms with E-state index in [-0.39, 0.29) is 5.91 Å². The van der Waals surface area contributed by atoms with Gasteiger partial charge < -0.3 is 5.32 Å². The summed E-state index contributed by atoms with van der Waals surface area (Å²) in [6.07, 6.45) is 0.343. The number of carbonyl (C=O) groups is 1. The number of anilines is 1. The summed E-state index contributed by atoms with van der Waals surface area (Å²) in [5.74, 6) is 0.493. The highest BCUT2D eigenvalue weighted by Gasteiger charge is 2.24. The average Bonchev–Trinajstić information content (AvgIpc) is 3.33. The minimum Gasteiger partial charge on any atom is -0.302 e. The molecule has 0 saturated carbocycles. The van der Waals surface area contributed by atoms with Crippen molar-refractivity contribution in [1.82, 2.24) is 20.2 Å². The van der Waals surface area contributed by atoms with Crippen LogP contribution in [0.1, 0.15) is 12.0 Å². The molecular weight excluding hydrogens is 438 g/mol. The van der Waals surface area contributed by atoms with Crippen LogP contribution in [0.5, 0.6) is 0 Å². The Kier molecular flexibility index (Phi) is 4.62. The van der Waals surface area contributed by atoms with Gasteiger partial charge in [-0.1, -0.05) is 65.6 Å². The van der Waals surface area contributed by atoms with Crippen LogP contribution in [0.4, 0.5) is 5.13 Å². The molecular formula is C24H17N5OS2. The lowest BCUT2D eigenvalue weighted by atomic mass is 10.0. The van der Waals surface area contributed by atoms with E-state index < -0.39 is 0 Å². The van der Waals surface area contributed by atoms with Gasteiger partial charge in [0.15, 0.2) is 5.13 Å². The summed E-state index contributed by atoms with van der Waals surface area (Å²) >= 11 is 2.93. The lowest BCUT2D eigenvalue weighted by Gasteiger charge is -2.03. The lowest BCUT2D eigenvalue weighted by molar-refractivity contribution is -0.115. The van der Waals surface area contributed by atoms with Crippen molar-refractivity contribution in [2.75, 3.05) is 11.1 Å². The first-order chi connectivity index (χ1) is 15.7. The quantitative estimate of drug-likeness (QED) is 0.335. The number of benzene rings is 3. The van der Waals surface area contributed by atoms with Gasteiger partial charge in [0.05, 0.1) is 10.2 Å². The largest absolute Gasteiger partial charge is 0.302 e. The van der Waals surface area contributed by atoms with Crippen molar-refractivity contribution in [3.05, 3.63) is 60.2 Å². The normalized spacial score (nSPS) is 11.8. The van der Waals surface area contributed by atoms with Crippen molar-refractivity contribution in [2.24, 2.45) is 0 Å². The molecule has 2 heterocycles. The van der Waals surface area contributed by atoms with Crippen LogP contribution in [0.25, 0.3) is 43.5 Å². The first-order valence-corrected chi connectivity index (χ1v) is 12.0. The van der Waals surface area contributed by atoms with E-state index in [1.165, 1.54) is 39.4 Å². The third-order valence-corrected chi connectivity index (χ3v) is 7.21. The Hall–Kier alpha value is -3.36. The number of fused-ring (bicyclic) bond motifs is 4. The predicted molar refractivity (Wildman–Crippen MR) is 130 cm³/mol.